The molecular formula is C14H19ClFNO. The molecule has 1 aromatic carbocycles. The summed E-state index contributed by atoms with van der Waals surface area (Å²) in [5, 5.41) is 2.83. The lowest BCUT2D eigenvalue weighted by Crippen LogP contribution is -2.26. The topological polar surface area (TPSA) is 29.1 Å². The summed E-state index contributed by atoms with van der Waals surface area (Å²) in [7, 11) is 0. The summed E-state index contributed by atoms with van der Waals surface area (Å²) in [6.45, 7) is 2.73. The van der Waals surface area contributed by atoms with Gasteiger partial charge in [-0.2, -0.15) is 0 Å². The summed E-state index contributed by atoms with van der Waals surface area (Å²) in [5.41, 5.74) is 0.696. The fourth-order valence-electron chi connectivity index (χ4n) is 1.65. The zero-order valence-electron chi connectivity index (χ0n) is 10.6. The molecule has 4 heteroatoms. The minimum absolute atomic E-state index is 0.0703. The van der Waals surface area contributed by atoms with Gasteiger partial charge in [0.1, 0.15) is 5.82 Å². The van der Waals surface area contributed by atoms with E-state index in [1.807, 2.05) is 0 Å². The van der Waals surface area contributed by atoms with E-state index in [4.69, 9.17) is 11.6 Å². The van der Waals surface area contributed by atoms with E-state index in [0.717, 1.165) is 12.8 Å². The van der Waals surface area contributed by atoms with E-state index in [-0.39, 0.29) is 18.1 Å². The van der Waals surface area contributed by atoms with Gasteiger partial charge in [0, 0.05) is 12.4 Å². The van der Waals surface area contributed by atoms with Gasteiger partial charge in [-0.15, -0.1) is 11.6 Å². The number of carbonyl (C=O) groups is 1. The average Bonchev–Trinajstić information content (AvgIpc) is 2.34. The second-order valence-electron chi connectivity index (χ2n) is 4.56. The molecule has 0 saturated carbocycles. The fourth-order valence-corrected chi connectivity index (χ4v) is 1.80. The van der Waals surface area contributed by atoms with Crippen LogP contribution in [0.2, 0.25) is 0 Å². The number of benzene rings is 1. The van der Waals surface area contributed by atoms with Gasteiger partial charge in [-0.05, 0) is 36.5 Å². The third-order valence-electron chi connectivity index (χ3n) is 2.71. The van der Waals surface area contributed by atoms with Crippen molar-refractivity contribution in [2.45, 2.75) is 26.2 Å². The van der Waals surface area contributed by atoms with Crippen molar-refractivity contribution in [1.82, 2.24) is 5.32 Å². The molecule has 0 spiro atoms. The number of carbonyl (C=O) groups excluding carboxylic acids is 1. The first-order valence-electron chi connectivity index (χ1n) is 6.19. The van der Waals surface area contributed by atoms with Crippen LogP contribution in [0, 0.1) is 11.7 Å². The Kier molecular flexibility index (Phi) is 6.73. The second kappa shape index (κ2) is 8.09. The standard InChI is InChI=1S/C14H19ClFNO/c1-11(10-15)4-3-7-17-14(18)9-12-5-2-6-13(16)8-12/h2,5-6,8,11H,3-4,7,9-10H2,1H3,(H,17,18). The number of alkyl halides is 1. The van der Waals surface area contributed by atoms with E-state index in [1.165, 1.54) is 12.1 Å². The molecule has 0 aliphatic rings. The number of nitrogens with one attached hydrogen (secondary N) is 1. The van der Waals surface area contributed by atoms with Gasteiger partial charge < -0.3 is 5.32 Å². The number of halogens is 2. The minimum Gasteiger partial charge on any atom is -0.356 e. The molecule has 18 heavy (non-hydrogen) atoms. The summed E-state index contributed by atoms with van der Waals surface area (Å²) in [4.78, 5) is 11.6. The van der Waals surface area contributed by atoms with Crippen LogP contribution in [-0.4, -0.2) is 18.3 Å². The van der Waals surface area contributed by atoms with E-state index in [1.54, 1.807) is 12.1 Å². The first-order chi connectivity index (χ1) is 8.61. The van der Waals surface area contributed by atoms with Crippen molar-refractivity contribution < 1.29 is 9.18 Å². The van der Waals surface area contributed by atoms with Crippen molar-refractivity contribution in [3.05, 3.63) is 35.6 Å². The molecule has 0 fully saturated rings. The Balaban J connectivity index is 2.22. The molecule has 0 radical (unpaired) electrons. The lowest BCUT2D eigenvalue weighted by atomic mass is 10.1. The van der Waals surface area contributed by atoms with Crippen molar-refractivity contribution in [2.75, 3.05) is 12.4 Å². The second-order valence-corrected chi connectivity index (χ2v) is 4.87. The molecule has 0 aliphatic heterocycles. The Morgan fingerprint density at radius 3 is 2.94 bits per heavy atom. The predicted molar refractivity (Wildman–Crippen MR) is 72.2 cm³/mol. The molecule has 100 valence electrons. The maximum atomic E-state index is 12.9. The zero-order valence-corrected chi connectivity index (χ0v) is 11.3. The van der Waals surface area contributed by atoms with Gasteiger partial charge >= 0.3 is 0 Å². The number of hydrogen-bond donors (Lipinski definition) is 1. The SMILES string of the molecule is CC(CCl)CCCNC(=O)Cc1cccc(F)c1. The molecule has 2 nitrogen and oxygen atoms in total. The molecule has 1 amide bonds. The van der Waals surface area contributed by atoms with Gasteiger partial charge in [0.15, 0.2) is 0 Å². The van der Waals surface area contributed by atoms with Crippen LogP contribution in [0.15, 0.2) is 24.3 Å². The summed E-state index contributed by atoms with van der Waals surface area (Å²) < 4.78 is 12.9. The molecule has 0 heterocycles. The summed E-state index contributed by atoms with van der Waals surface area (Å²) >= 11 is 5.69. The van der Waals surface area contributed by atoms with Crippen LogP contribution in [0.1, 0.15) is 25.3 Å². The van der Waals surface area contributed by atoms with E-state index in [0.29, 0.717) is 23.9 Å². The molecule has 0 aromatic heterocycles. The monoisotopic (exact) mass is 271 g/mol. The molecule has 1 aromatic rings. The van der Waals surface area contributed by atoms with Gasteiger partial charge in [0.2, 0.25) is 5.91 Å². The summed E-state index contributed by atoms with van der Waals surface area (Å²) in [6.07, 6.45) is 2.15. The largest absolute Gasteiger partial charge is 0.356 e. The van der Waals surface area contributed by atoms with Crippen molar-refractivity contribution in [1.29, 1.82) is 0 Å². The van der Waals surface area contributed by atoms with Crippen LogP contribution in [0.25, 0.3) is 0 Å². The molecule has 1 atom stereocenters. The molecule has 0 saturated heterocycles. The predicted octanol–water partition coefficient (Wildman–Crippen LogP) is 3.14. The maximum Gasteiger partial charge on any atom is 0.224 e. The van der Waals surface area contributed by atoms with Gasteiger partial charge in [-0.3, -0.25) is 4.79 Å². The lowest BCUT2D eigenvalue weighted by molar-refractivity contribution is -0.120. The summed E-state index contributed by atoms with van der Waals surface area (Å²) in [5.74, 6) is 0.749. The maximum absolute atomic E-state index is 12.9. The lowest BCUT2D eigenvalue weighted by Gasteiger charge is -2.08. The first-order valence-corrected chi connectivity index (χ1v) is 6.72. The summed E-state index contributed by atoms with van der Waals surface area (Å²) in [6, 6.07) is 6.11. The first kappa shape index (κ1) is 15.0. The van der Waals surface area contributed by atoms with Crippen LogP contribution in [0.4, 0.5) is 4.39 Å². The Morgan fingerprint density at radius 1 is 1.50 bits per heavy atom. The Morgan fingerprint density at radius 2 is 2.28 bits per heavy atom. The highest BCUT2D eigenvalue weighted by molar-refractivity contribution is 6.18. The smallest absolute Gasteiger partial charge is 0.224 e. The molecular weight excluding hydrogens is 253 g/mol. The van der Waals surface area contributed by atoms with Crippen molar-refractivity contribution in [3.63, 3.8) is 0 Å². The number of rotatable bonds is 7. The zero-order chi connectivity index (χ0) is 13.4. The highest BCUT2D eigenvalue weighted by Gasteiger charge is 2.04. The van der Waals surface area contributed by atoms with Crippen LogP contribution in [0.5, 0.6) is 0 Å². The fraction of sp³-hybridized carbons (Fsp3) is 0.500. The van der Waals surface area contributed by atoms with E-state index < -0.39 is 0 Å². The van der Waals surface area contributed by atoms with Gasteiger partial charge in [0.05, 0.1) is 6.42 Å². The number of hydrogen-bond acceptors (Lipinski definition) is 1. The third kappa shape index (κ3) is 6.01. The van der Waals surface area contributed by atoms with E-state index >= 15 is 0 Å². The highest BCUT2D eigenvalue weighted by atomic mass is 35.5. The van der Waals surface area contributed by atoms with Gasteiger partial charge in [-0.1, -0.05) is 19.1 Å². The van der Waals surface area contributed by atoms with E-state index in [9.17, 15) is 9.18 Å². The van der Waals surface area contributed by atoms with Crippen LogP contribution in [0.3, 0.4) is 0 Å². The number of amides is 1. The van der Waals surface area contributed by atoms with Crippen molar-refractivity contribution in [2.24, 2.45) is 5.92 Å². The van der Waals surface area contributed by atoms with Crippen LogP contribution < -0.4 is 5.32 Å². The Hall–Kier alpha value is -1.09. The molecule has 0 bridgehead atoms. The minimum atomic E-state index is -0.309. The average molecular weight is 272 g/mol. The Labute approximate surface area is 113 Å². The molecule has 1 rings (SSSR count). The third-order valence-corrected chi connectivity index (χ3v) is 3.24. The normalized spacial score (nSPS) is 12.2. The van der Waals surface area contributed by atoms with Crippen molar-refractivity contribution >= 4 is 17.5 Å². The quantitative estimate of drug-likeness (QED) is 0.599. The Bertz CT molecular complexity index is 384. The van der Waals surface area contributed by atoms with Crippen LogP contribution >= 0.6 is 11.6 Å². The van der Waals surface area contributed by atoms with Crippen LogP contribution in [-0.2, 0) is 11.2 Å². The van der Waals surface area contributed by atoms with E-state index in [2.05, 4.69) is 12.2 Å². The van der Waals surface area contributed by atoms with Gasteiger partial charge in [0.25, 0.3) is 0 Å². The van der Waals surface area contributed by atoms with Gasteiger partial charge in [-0.25, -0.2) is 4.39 Å². The molecule has 1 unspecified atom stereocenters. The molecule has 0 aliphatic carbocycles. The highest BCUT2D eigenvalue weighted by Crippen LogP contribution is 2.07. The molecule has 1 N–H and O–H groups in total. The van der Waals surface area contributed by atoms with Crippen molar-refractivity contribution in [3.8, 4) is 0 Å².